The maximum atomic E-state index is 12.3. The third-order valence-corrected chi connectivity index (χ3v) is 4.77. The van der Waals surface area contributed by atoms with Gasteiger partial charge in [-0.3, -0.25) is 4.79 Å². The SMILES string of the molecule is CCC(CC)NC(=O)C(C)NC1CC(C)(C)CC(C)(C)C1. The number of carbonyl (C=O) groups excluding carboxylic acids is 1. The minimum Gasteiger partial charge on any atom is -0.352 e. The molecule has 0 spiro atoms. The van der Waals surface area contributed by atoms with Crippen LogP contribution in [0.3, 0.4) is 0 Å². The van der Waals surface area contributed by atoms with Crippen LogP contribution in [0.25, 0.3) is 0 Å². The Morgan fingerprint density at radius 2 is 1.57 bits per heavy atom. The predicted octanol–water partition coefficient (Wildman–Crippen LogP) is 3.87. The van der Waals surface area contributed by atoms with Crippen molar-refractivity contribution in [2.24, 2.45) is 10.8 Å². The van der Waals surface area contributed by atoms with Crippen molar-refractivity contribution in [1.82, 2.24) is 10.6 Å². The average Bonchev–Trinajstić information content (AvgIpc) is 2.31. The zero-order chi connectivity index (χ0) is 16.3. The molecule has 1 rings (SSSR count). The second kappa shape index (κ2) is 7.13. The third-order valence-electron chi connectivity index (χ3n) is 4.77. The molecule has 0 aromatic carbocycles. The number of hydrogen-bond donors (Lipinski definition) is 2. The van der Waals surface area contributed by atoms with Gasteiger partial charge in [0.1, 0.15) is 0 Å². The lowest BCUT2D eigenvalue weighted by Gasteiger charge is -2.45. The molecule has 1 atom stereocenters. The van der Waals surface area contributed by atoms with E-state index >= 15 is 0 Å². The van der Waals surface area contributed by atoms with Gasteiger partial charge < -0.3 is 10.6 Å². The van der Waals surface area contributed by atoms with Crippen LogP contribution in [0.2, 0.25) is 0 Å². The summed E-state index contributed by atoms with van der Waals surface area (Å²) in [4.78, 5) is 12.3. The lowest BCUT2D eigenvalue weighted by molar-refractivity contribution is -0.124. The van der Waals surface area contributed by atoms with Gasteiger partial charge in [0.15, 0.2) is 0 Å². The summed E-state index contributed by atoms with van der Waals surface area (Å²) < 4.78 is 0. The number of rotatable bonds is 6. The highest BCUT2D eigenvalue weighted by atomic mass is 16.2. The molecule has 0 heterocycles. The van der Waals surface area contributed by atoms with E-state index in [9.17, 15) is 4.79 Å². The van der Waals surface area contributed by atoms with Crippen LogP contribution in [-0.4, -0.2) is 24.0 Å². The standard InChI is InChI=1S/C18H36N2O/c1-8-14(9-2)20-16(21)13(3)19-15-10-17(4,5)12-18(6,7)11-15/h13-15,19H,8-12H2,1-7H3,(H,20,21). The molecule has 1 amide bonds. The third kappa shape index (κ3) is 5.98. The summed E-state index contributed by atoms with van der Waals surface area (Å²) in [6.07, 6.45) is 5.56. The molecule has 1 aliphatic rings. The van der Waals surface area contributed by atoms with Crippen molar-refractivity contribution in [2.45, 2.75) is 98.7 Å². The molecule has 2 N–H and O–H groups in total. The molecule has 1 fully saturated rings. The lowest BCUT2D eigenvalue weighted by atomic mass is 9.63. The molecule has 0 bridgehead atoms. The monoisotopic (exact) mass is 296 g/mol. The van der Waals surface area contributed by atoms with Crippen molar-refractivity contribution in [2.75, 3.05) is 0 Å². The molecular weight excluding hydrogens is 260 g/mol. The van der Waals surface area contributed by atoms with Gasteiger partial charge in [-0.2, -0.15) is 0 Å². The average molecular weight is 296 g/mol. The summed E-state index contributed by atoms with van der Waals surface area (Å²) in [5.41, 5.74) is 0.704. The van der Waals surface area contributed by atoms with Crippen LogP contribution >= 0.6 is 0 Å². The summed E-state index contributed by atoms with van der Waals surface area (Å²) in [6.45, 7) is 15.6. The van der Waals surface area contributed by atoms with Crippen LogP contribution in [0.5, 0.6) is 0 Å². The Morgan fingerprint density at radius 3 is 2.00 bits per heavy atom. The predicted molar refractivity (Wildman–Crippen MR) is 90.3 cm³/mol. The Labute approximate surface area is 131 Å². The molecule has 124 valence electrons. The summed E-state index contributed by atoms with van der Waals surface area (Å²) in [7, 11) is 0. The Kier molecular flexibility index (Phi) is 6.27. The van der Waals surface area contributed by atoms with E-state index < -0.39 is 0 Å². The fourth-order valence-electron chi connectivity index (χ4n) is 4.21. The van der Waals surface area contributed by atoms with Crippen molar-refractivity contribution >= 4 is 5.91 Å². The van der Waals surface area contributed by atoms with Gasteiger partial charge in [-0.1, -0.05) is 41.5 Å². The van der Waals surface area contributed by atoms with E-state index in [1.165, 1.54) is 6.42 Å². The first-order valence-corrected chi connectivity index (χ1v) is 8.65. The number of nitrogens with one attached hydrogen (secondary N) is 2. The van der Waals surface area contributed by atoms with Gasteiger partial charge >= 0.3 is 0 Å². The van der Waals surface area contributed by atoms with Crippen LogP contribution in [0, 0.1) is 10.8 Å². The van der Waals surface area contributed by atoms with Gasteiger partial charge in [-0.05, 0) is 49.9 Å². The first kappa shape index (κ1) is 18.5. The van der Waals surface area contributed by atoms with Crippen molar-refractivity contribution in [3.63, 3.8) is 0 Å². The van der Waals surface area contributed by atoms with Gasteiger partial charge in [-0.15, -0.1) is 0 Å². The normalized spacial score (nSPS) is 23.0. The van der Waals surface area contributed by atoms with Crippen molar-refractivity contribution in [3.05, 3.63) is 0 Å². The van der Waals surface area contributed by atoms with Crippen LogP contribution in [0.4, 0.5) is 0 Å². The molecule has 0 radical (unpaired) electrons. The molecule has 1 saturated carbocycles. The number of amides is 1. The second-order valence-electron chi connectivity index (χ2n) is 8.52. The summed E-state index contributed by atoms with van der Waals surface area (Å²) in [5, 5.41) is 6.72. The lowest BCUT2D eigenvalue weighted by Crippen LogP contribution is -2.52. The Hall–Kier alpha value is -0.570. The van der Waals surface area contributed by atoms with Crippen LogP contribution in [0.1, 0.15) is 80.6 Å². The topological polar surface area (TPSA) is 41.1 Å². The van der Waals surface area contributed by atoms with E-state index in [2.05, 4.69) is 52.2 Å². The highest BCUT2D eigenvalue weighted by molar-refractivity contribution is 5.81. The second-order valence-corrected chi connectivity index (χ2v) is 8.52. The van der Waals surface area contributed by atoms with E-state index in [4.69, 9.17) is 0 Å². The van der Waals surface area contributed by atoms with E-state index in [-0.39, 0.29) is 11.9 Å². The molecule has 0 aromatic rings. The van der Waals surface area contributed by atoms with Crippen molar-refractivity contribution in [1.29, 1.82) is 0 Å². The molecule has 3 heteroatoms. The van der Waals surface area contributed by atoms with Gasteiger partial charge in [0, 0.05) is 12.1 Å². The highest BCUT2D eigenvalue weighted by Crippen LogP contribution is 2.45. The Bertz CT molecular complexity index is 329. The van der Waals surface area contributed by atoms with E-state index in [1.807, 2.05) is 6.92 Å². The molecule has 3 nitrogen and oxygen atoms in total. The largest absolute Gasteiger partial charge is 0.352 e. The van der Waals surface area contributed by atoms with Crippen LogP contribution < -0.4 is 10.6 Å². The molecular formula is C18H36N2O. The van der Waals surface area contributed by atoms with E-state index in [1.54, 1.807) is 0 Å². The Balaban J connectivity index is 2.57. The van der Waals surface area contributed by atoms with Gasteiger partial charge in [0.05, 0.1) is 6.04 Å². The summed E-state index contributed by atoms with van der Waals surface area (Å²) in [6, 6.07) is 0.632. The van der Waals surface area contributed by atoms with Crippen LogP contribution in [-0.2, 0) is 4.79 Å². The Morgan fingerprint density at radius 1 is 1.10 bits per heavy atom. The first-order valence-electron chi connectivity index (χ1n) is 8.65. The first-order chi connectivity index (χ1) is 9.58. The molecule has 0 aliphatic heterocycles. The van der Waals surface area contributed by atoms with Crippen molar-refractivity contribution < 1.29 is 4.79 Å². The van der Waals surface area contributed by atoms with Crippen LogP contribution in [0.15, 0.2) is 0 Å². The van der Waals surface area contributed by atoms with Crippen molar-refractivity contribution in [3.8, 4) is 0 Å². The van der Waals surface area contributed by atoms with Gasteiger partial charge in [0.25, 0.3) is 0 Å². The molecule has 1 unspecified atom stereocenters. The minimum atomic E-state index is -0.111. The zero-order valence-electron chi connectivity index (χ0n) is 15.2. The summed E-state index contributed by atoms with van der Waals surface area (Å²) in [5.74, 6) is 0.143. The maximum absolute atomic E-state index is 12.3. The molecule has 0 aromatic heterocycles. The fourth-order valence-corrected chi connectivity index (χ4v) is 4.21. The van der Waals surface area contributed by atoms with E-state index in [0.717, 1.165) is 25.7 Å². The molecule has 0 saturated heterocycles. The minimum absolute atomic E-state index is 0.111. The highest BCUT2D eigenvalue weighted by Gasteiger charge is 2.39. The van der Waals surface area contributed by atoms with Gasteiger partial charge in [-0.25, -0.2) is 0 Å². The quantitative estimate of drug-likeness (QED) is 0.781. The smallest absolute Gasteiger partial charge is 0.237 e. The fraction of sp³-hybridized carbons (Fsp3) is 0.944. The maximum Gasteiger partial charge on any atom is 0.237 e. The zero-order valence-corrected chi connectivity index (χ0v) is 15.2. The number of carbonyl (C=O) groups is 1. The molecule has 21 heavy (non-hydrogen) atoms. The molecule has 1 aliphatic carbocycles. The summed E-state index contributed by atoms with van der Waals surface area (Å²) >= 11 is 0. The van der Waals surface area contributed by atoms with Gasteiger partial charge in [0.2, 0.25) is 5.91 Å². The number of hydrogen-bond acceptors (Lipinski definition) is 2. The van der Waals surface area contributed by atoms with E-state index in [0.29, 0.717) is 22.9 Å².